The molecule has 0 aromatic carbocycles. The highest BCUT2D eigenvalue weighted by molar-refractivity contribution is 6.08. The second-order valence-electron chi connectivity index (χ2n) is 7.68. The van der Waals surface area contributed by atoms with Crippen LogP contribution in [0, 0.1) is 5.92 Å². The Kier molecular flexibility index (Phi) is 7.29. The van der Waals surface area contributed by atoms with Crippen LogP contribution in [0.15, 0.2) is 0 Å². The Bertz CT molecular complexity index is 531. The van der Waals surface area contributed by atoms with E-state index >= 15 is 0 Å². The van der Waals surface area contributed by atoms with E-state index in [1.165, 1.54) is 12.8 Å². The third-order valence-corrected chi connectivity index (χ3v) is 6.06. The molecule has 0 aromatic rings. The van der Waals surface area contributed by atoms with Crippen molar-refractivity contribution in [2.75, 3.05) is 33.2 Å². The number of amides is 4. The number of nitrogens with one attached hydrogen (secondary N) is 2. The molecule has 2 N–H and O–H groups in total. The molecule has 1 saturated carbocycles. The lowest BCUT2D eigenvalue weighted by atomic mass is 9.81. The molecule has 148 valence electrons. The van der Waals surface area contributed by atoms with Crippen molar-refractivity contribution >= 4 is 30.3 Å². The monoisotopic (exact) mass is 386 g/mol. The largest absolute Gasteiger partial charge is 0.355 e. The molecular weight excluding hydrogens is 356 g/mol. The van der Waals surface area contributed by atoms with Crippen molar-refractivity contribution in [3.8, 4) is 0 Å². The van der Waals surface area contributed by atoms with Crippen LogP contribution in [0.1, 0.15) is 51.4 Å². The summed E-state index contributed by atoms with van der Waals surface area (Å²) < 4.78 is 0. The molecule has 1 aliphatic carbocycles. The zero-order valence-electron chi connectivity index (χ0n) is 15.6. The van der Waals surface area contributed by atoms with Gasteiger partial charge in [0.15, 0.2) is 0 Å². The summed E-state index contributed by atoms with van der Waals surface area (Å²) in [4.78, 5) is 40.2. The normalized spacial score (nSPS) is 25.3. The molecule has 0 bridgehead atoms. The van der Waals surface area contributed by atoms with Gasteiger partial charge in [-0.05, 0) is 51.1 Å². The Hall–Kier alpha value is -1.34. The lowest BCUT2D eigenvalue weighted by molar-refractivity contribution is -0.137. The average molecular weight is 387 g/mol. The number of piperidine rings is 1. The van der Waals surface area contributed by atoms with Gasteiger partial charge in [-0.2, -0.15) is 0 Å². The first-order valence-electron chi connectivity index (χ1n) is 9.62. The first-order chi connectivity index (χ1) is 12.0. The molecule has 4 amide bonds. The number of carbonyl (C=O) groups is 3. The highest BCUT2D eigenvalue weighted by Gasteiger charge is 2.55. The van der Waals surface area contributed by atoms with Gasteiger partial charge in [0.05, 0.1) is 0 Å². The van der Waals surface area contributed by atoms with Crippen molar-refractivity contribution in [1.82, 2.24) is 20.4 Å². The fourth-order valence-corrected chi connectivity index (χ4v) is 4.46. The van der Waals surface area contributed by atoms with Crippen molar-refractivity contribution in [3.63, 3.8) is 0 Å². The summed E-state index contributed by atoms with van der Waals surface area (Å²) in [5.41, 5.74) is -0.705. The summed E-state index contributed by atoms with van der Waals surface area (Å²) in [6.07, 6.45) is 7.75. The summed E-state index contributed by atoms with van der Waals surface area (Å²) in [5, 5.41) is 6.24. The standard InChI is InChI=1S/C18H30N4O3.ClH/c1-21-17(25)22(16(24)18(21)8-3-2-4-9-18)13-15(23)20-11-7-14-6-5-10-19-12-14;/h14,19H,2-13H2,1H3,(H,20,23);1H. The van der Waals surface area contributed by atoms with Crippen LogP contribution in [-0.4, -0.2) is 66.4 Å². The van der Waals surface area contributed by atoms with Gasteiger partial charge in [0, 0.05) is 13.6 Å². The Labute approximate surface area is 161 Å². The number of imide groups is 1. The van der Waals surface area contributed by atoms with Crippen LogP contribution in [-0.2, 0) is 9.59 Å². The van der Waals surface area contributed by atoms with E-state index in [-0.39, 0.29) is 36.8 Å². The minimum absolute atomic E-state index is 0. The zero-order chi connectivity index (χ0) is 17.9. The second kappa shape index (κ2) is 9.04. The van der Waals surface area contributed by atoms with Gasteiger partial charge in [-0.1, -0.05) is 19.3 Å². The molecule has 2 heterocycles. The maximum absolute atomic E-state index is 12.8. The topological polar surface area (TPSA) is 81.8 Å². The van der Waals surface area contributed by atoms with Crippen molar-refractivity contribution in [2.45, 2.75) is 56.9 Å². The van der Waals surface area contributed by atoms with E-state index in [2.05, 4.69) is 10.6 Å². The van der Waals surface area contributed by atoms with Crippen molar-refractivity contribution < 1.29 is 14.4 Å². The van der Waals surface area contributed by atoms with Gasteiger partial charge in [0.25, 0.3) is 5.91 Å². The highest BCUT2D eigenvalue weighted by atomic mass is 35.5. The molecule has 1 spiro atoms. The van der Waals surface area contributed by atoms with Crippen LogP contribution in [0.5, 0.6) is 0 Å². The van der Waals surface area contributed by atoms with E-state index in [1.54, 1.807) is 11.9 Å². The third-order valence-electron chi connectivity index (χ3n) is 6.06. The molecule has 3 aliphatic rings. The summed E-state index contributed by atoms with van der Waals surface area (Å²) in [5.74, 6) is 0.166. The van der Waals surface area contributed by atoms with Gasteiger partial charge in [0.1, 0.15) is 12.1 Å². The summed E-state index contributed by atoms with van der Waals surface area (Å²) >= 11 is 0. The molecule has 1 atom stereocenters. The van der Waals surface area contributed by atoms with E-state index in [1.807, 2.05) is 0 Å². The predicted octanol–water partition coefficient (Wildman–Crippen LogP) is 1.51. The van der Waals surface area contributed by atoms with Crippen LogP contribution in [0.25, 0.3) is 0 Å². The molecule has 3 fully saturated rings. The molecule has 2 saturated heterocycles. The van der Waals surface area contributed by atoms with E-state index in [0.29, 0.717) is 25.3 Å². The summed E-state index contributed by atoms with van der Waals surface area (Å²) in [6, 6.07) is -0.335. The Morgan fingerprint density at radius 2 is 1.96 bits per heavy atom. The molecule has 2 aliphatic heterocycles. The molecule has 7 nitrogen and oxygen atoms in total. The lowest BCUT2D eigenvalue weighted by Crippen LogP contribution is -2.49. The van der Waals surface area contributed by atoms with Crippen molar-refractivity contribution in [2.24, 2.45) is 5.92 Å². The number of hydrogen-bond acceptors (Lipinski definition) is 4. The first-order valence-corrected chi connectivity index (χ1v) is 9.62. The molecule has 3 rings (SSSR count). The Morgan fingerprint density at radius 1 is 1.23 bits per heavy atom. The van der Waals surface area contributed by atoms with Crippen molar-refractivity contribution in [1.29, 1.82) is 0 Å². The van der Waals surface area contributed by atoms with Gasteiger partial charge < -0.3 is 15.5 Å². The van der Waals surface area contributed by atoms with Gasteiger partial charge in [-0.25, -0.2) is 4.79 Å². The van der Waals surface area contributed by atoms with Gasteiger partial charge in [0.2, 0.25) is 5.91 Å². The molecule has 0 aromatic heterocycles. The zero-order valence-corrected chi connectivity index (χ0v) is 16.4. The molecule has 26 heavy (non-hydrogen) atoms. The molecular formula is C18H31ClN4O3. The second-order valence-corrected chi connectivity index (χ2v) is 7.68. The van der Waals surface area contributed by atoms with Crippen LogP contribution >= 0.6 is 12.4 Å². The predicted molar refractivity (Wildman–Crippen MR) is 101 cm³/mol. The van der Waals surface area contributed by atoms with E-state index in [9.17, 15) is 14.4 Å². The number of halogens is 1. The van der Waals surface area contributed by atoms with Gasteiger partial charge in [-0.3, -0.25) is 14.5 Å². The van der Waals surface area contributed by atoms with E-state index in [4.69, 9.17) is 0 Å². The first kappa shape index (κ1) is 21.0. The summed E-state index contributed by atoms with van der Waals surface area (Å²) in [6.45, 7) is 2.53. The smallest absolute Gasteiger partial charge is 0.327 e. The number of nitrogens with zero attached hydrogens (tertiary/aromatic N) is 2. The molecule has 0 radical (unpaired) electrons. The van der Waals surface area contributed by atoms with Gasteiger partial charge in [-0.15, -0.1) is 12.4 Å². The minimum atomic E-state index is -0.705. The number of carbonyl (C=O) groups excluding carboxylic acids is 3. The van der Waals surface area contributed by atoms with Crippen LogP contribution in [0.3, 0.4) is 0 Å². The van der Waals surface area contributed by atoms with E-state index < -0.39 is 5.54 Å². The fraction of sp³-hybridized carbons (Fsp3) is 0.833. The van der Waals surface area contributed by atoms with Crippen LogP contribution in [0.4, 0.5) is 4.79 Å². The van der Waals surface area contributed by atoms with Crippen LogP contribution in [0.2, 0.25) is 0 Å². The maximum Gasteiger partial charge on any atom is 0.327 e. The lowest BCUT2D eigenvalue weighted by Gasteiger charge is -2.35. The SMILES string of the molecule is CN1C(=O)N(CC(=O)NCCC2CCCNC2)C(=O)C12CCCCC2.Cl. The van der Waals surface area contributed by atoms with Gasteiger partial charge >= 0.3 is 6.03 Å². The molecule has 8 heteroatoms. The average Bonchev–Trinajstić information content (AvgIpc) is 2.80. The minimum Gasteiger partial charge on any atom is -0.355 e. The maximum atomic E-state index is 12.8. The number of hydrogen-bond donors (Lipinski definition) is 2. The highest BCUT2D eigenvalue weighted by Crippen LogP contribution is 2.39. The Balaban J connectivity index is 0.00000243. The number of urea groups is 1. The van der Waals surface area contributed by atoms with E-state index in [0.717, 1.165) is 43.7 Å². The van der Waals surface area contributed by atoms with Crippen molar-refractivity contribution in [3.05, 3.63) is 0 Å². The number of likely N-dealkylation sites (N-methyl/N-ethyl adjacent to an activating group) is 1. The summed E-state index contributed by atoms with van der Waals surface area (Å²) in [7, 11) is 1.69. The third kappa shape index (κ3) is 4.14. The molecule has 1 unspecified atom stereocenters. The fourth-order valence-electron chi connectivity index (χ4n) is 4.46. The quantitative estimate of drug-likeness (QED) is 0.702. The Morgan fingerprint density at radius 3 is 2.62 bits per heavy atom. The van der Waals surface area contributed by atoms with Crippen LogP contribution < -0.4 is 10.6 Å². The number of rotatable bonds is 5.